The molecule has 100 valence electrons. The summed E-state index contributed by atoms with van der Waals surface area (Å²) in [6.07, 6.45) is 7.31. The van der Waals surface area contributed by atoms with E-state index in [9.17, 15) is 0 Å². The highest BCUT2D eigenvalue weighted by Gasteiger charge is 2.20. The number of piperazine rings is 1. The molecule has 1 aliphatic carbocycles. The second-order valence-electron chi connectivity index (χ2n) is 6.14. The number of hydrogen-bond donors (Lipinski definition) is 1. The summed E-state index contributed by atoms with van der Waals surface area (Å²) in [5, 5.41) is 3.63. The molecule has 0 aromatic heterocycles. The first kappa shape index (κ1) is 13.3. The van der Waals surface area contributed by atoms with E-state index in [-0.39, 0.29) is 0 Å². The van der Waals surface area contributed by atoms with Gasteiger partial charge in [-0.3, -0.25) is 0 Å². The van der Waals surface area contributed by atoms with Gasteiger partial charge >= 0.3 is 0 Å². The third kappa shape index (κ3) is 4.57. The zero-order valence-electron chi connectivity index (χ0n) is 11.6. The van der Waals surface area contributed by atoms with E-state index < -0.39 is 0 Å². The largest absolute Gasteiger partial charge is 0.310 e. The first-order valence-corrected chi connectivity index (χ1v) is 7.34. The third-order valence-corrected chi connectivity index (χ3v) is 4.29. The van der Waals surface area contributed by atoms with E-state index in [1.165, 1.54) is 58.3 Å². The highest BCUT2D eigenvalue weighted by molar-refractivity contribution is 4.80. The number of hydrogen-bond acceptors (Lipinski definition) is 3. The van der Waals surface area contributed by atoms with E-state index in [1.807, 2.05) is 0 Å². The standard InChI is InChI=1S/C14H29N3/c1-16-9-8-15-14(11-16)12-17(2)10-13-6-4-3-5-7-13/h13-15H,3-12H2,1-2H3. The summed E-state index contributed by atoms with van der Waals surface area (Å²) >= 11 is 0. The summed E-state index contributed by atoms with van der Waals surface area (Å²) in [6.45, 7) is 6.07. The van der Waals surface area contributed by atoms with E-state index >= 15 is 0 Å². The fraction of sp³-hybridized carbons (Fsp3) is 1.00. The van der Waals surface area contributed by atoms with Gasteiger partial charge in [0, 0.05) is 38.8 Å². The summed E-state index contributed by atoms with van der Waals surface area (Å²) in [7, 11) is 4.53. The molecule has 17 heavy (non-hydrogen) atoms. The van der Waals surface area contributed by atoms with Gasteiger partial charge in [0.05, 0.1) is 0 Å². The van der Waals surface area contributed by atoms with Gasteiger partial charge < -0.3 is 15.1 Å². The molecule has 2 aliphatic rings. The SMILES string of the molecule is CN1CCNC(CN(C)CC2CCCCC2)C1. The fourth-order valence-corrected chi connectivity index (χ4v) is 3.38. The summed E-state index contributed by atoms with van der Waals surface area (Å²) in [6, 6.07) is 0.669. The number of nitrogens with one attached hydrogen (secondary N) is 1. The Morgan fingerprint density at radius 2 is 1.94 bits per heavy atom. The van der Waals surface area contributed by atoms with Crippen molar-refractivity contribution in [2.75, 3.05) is 46.8 Å². The molecule has 1 atom stereocenters. The molecule has 0 radical (unpaired) electrons. The second-order valence-corrected chi connectivity index (χ2v) is 6.14. The molecule has 1 heterocycles. The van der Waals surface area contributed by atoms with Crippen LogP contribution in [0.15, 0.2) is 0 Å². The minimum Gasteiger partial charge on any atom is -0.310 e. The van der Waals surface area contributed by atoms with Crippen LogP contribution in [0.25, 0.3) is 0 Å². The molecule has 1 N–H and O–H groups in total. The van der Waals surface area contributed by atoms with Crippen molar-refractivity contribution >= 4 is 0 Å². The zero-order chi connectivity index (χ0) is 12.1. The first-order valence-electron chi connectivity index (χ1n) is 7.34. The highest BCUT2D eigenvalue weighted by Crippen LogP contribution is 2.24. The van der Waals surface area contributed by atoms with Gasteiger partial charge in [-0.15, -0.1) is 0 Å². The molecule has 3 nitrogen and oxygen atoms in total. The van der Waals surface area contributed by atoms with Gasteiger partial charge in [0.2, 0.25) is 0 Å². The third-order valence-electron chi connectivity index (χ3n) is 4.29. The lowest BCUT2D eigenvalue weighted by Gasteiger charge is -2.35. The van der Waals surface area contributed by atoms with E-state index in [2.05, 4.69) is 29.2 Å². The predicted octanol–water partition coefficient (Wildman–Crippen LogP) is 1.40. The summed E-state index contributed by atoms with van der Waals surface area (Å²) in [5.74, 6) is 0.968. The van der Waals surface area contributed by atoms with E-state index in [0.717, 1.165) is 12.5 Å². The molecule has 0 aromatic carbocycles. The summed E-state index contributed by atoms with van der Waals surface area (Å²) in [5.41, 5.74) is 0. The normalized spacial score (nSPS) is 28.8. The van der Waals surface area contributed by atoms with Crippen molar-refractivity contribution < 1.29 is 0 Å². The Bertz CT molecular complexity index is 214. The van der Waals surface area contributed by atoms with Crippen LogP contribution in [-0.4, -0.2) is 62.7 Å². The first-order chi connectivity index (χ1) is 8.24. The van der Waals surface area contributed by atoms with Crippen LogP contribution >= 0.6 is 0 Å². The van der Waals surface area contributed by atoms with E-state index in [4.69, 9.17) is 0 Å². The average Bonchev–Trinajstić information content (AvgIpc) is 2.30. The molecule has 2 fully saturated rings. The molecular formula is C14H29N3. The molecular weight excluding hydrogens is 210 g/mol. The smallest absolute Gasteiger partial charge is 0.0322 e. The Balaban J connectivity index is 1.66. The van der Waals surface area contributed by atoms with Gasteiger partial charge in [-0.05, 0) is 32.9 Å². The van der Waals surface area contributed by atoms with Gasteiger partial charge in [0.25, 0.3) is 0 Å². The second kappa shape index (κ2) is 6.72. The molecule has 0 bridgehead atoms. The molecule has 2 rings (SSSR count). The fourth-order valence-electron chi connectivity index (χ4n) is 3.38. The van der Waals surface area contributed by atoms with E-state index in [0.29, 0.717) is 6.04 Å². The van der Waals surface area contributed by atoms with Crippen molar-refractivity contribution in [2.45, 2.75) is 38.1 Å². The quantitative estimate of drug-likeness (QED) is 0.800. The van der Waals surface area contributed by atoms with Crippen LogP contribution in [0.1, 0.15) is 32.1 Å². The Labute approximate surface area is 107 Å². The Hall–Kier alpha value is -0.120. The van der Waals surface area contributed by atoms with Gasteiger partial charge in [-0.25, -0.2) is 0 Å². The molecule has 0 aromatic rings. The lowest BCUT2D eigenvalue weighted by molar-refractivity contribution is 0.172. The Kier molecular flexibility index (Phi) is 5.26. The minimum atomic E-state index is 0.669. The number of likely N-dealkylation sites (N-methyl/N-ethyl adjacent to an activating group) is 2. The molecule has 1 unspecified atom stereocenters. The van der Waals surface area contributed by atoms with Gasteiger partial charge in [0.1, 0.15) is 0 Å². The van der Waals surface area contributed by atoms with E-state index in [1.54, 1.807) is 0 Å². The molecule has 0 amide bonds. The monoisotopic (exact) mass is 239 g/mol. The van der Waals surface area contributed by atoms with Gasteiger partial charge in [-0.1, -0.05) is 19.3 Å². The van der Waals surface area contributed by atoms with Crippen LogP contribution in [-0.2, 0) is 0 Å². The van der Waals surface area contributed by atoms with Crippen LogP contribution in [0.5, 0.6) is 0 Å². The van der Waals surface area contributed by atoms with Gasteiger partial charge in [-0.2, -0.15) is 0 Å². The van der Waals surface area contributed by atoms with Crippen molar-refractivity contribution in [2.24, 2.45) is 5.92 Å². The van der Waals surface area contributed by atoms with Crippen LogP contribution in [0.2, 0.25) is 0 Å². The van der Waals surface area contributed by atoms with Crippen molar-refractivity contribution in [3.8, 4) is 0 Å². The maximum atomic E-state index is 3.63. The molecule has 3 heteroatoms. The zero-order valence-corrected chi connectivity index (χ0v) is 11.6. The molecule has 1 aliphatic heterocycles. The van der Waals surface area contributed by atoms with Crippen LogP contribution in [0.3, 0.4) is 0 Å². The van der Waals surface area contributed by atoms with Crippen LogP contribution < -0.4 is 5.32 Å². The van der Waals surface area contributed by atoms with Crippen molar-refractivity contribution in [3.63, 3.8) is 0 Å². The molecule has 1 saturated carbocycles. The molecule has 0 spiro atoms. The molecule has 1 saturated heterocycles. The lowest BCUT2D eigenvalue weighted by atomic mass is 9.89. The summed E-state index contributed by atoms with van der Waals surface area (Å²) < 4.78 is 0. The average molecular weight is 239 g/mol. The Morgan fingerprint density at radius 1 is 1.18 bits per heavy atom. The van der Waals surface area contributed by atoms with Gasteiger partial charge in [0.15, 0.2) is 0 Å². The van der Waals surface area contributed by atoms with Crippen LogP contribution in [0.4, 0.5) is 0 Å². The predicted molar refractivity (Wildman–Crippen MR) is 73.4 cm³/mol. The minimum absolute atomic E-state index is 0.669. The van der Waals surface area contributed by atoms with Crippen molar-refractivity contribution in [1.82, 2.24) is 15.1 Å². The highest BCUT2D eigenvalue weighted by atomic mass is 15.2. The van der Waals surface area contributed by atoms with Crippen molar-refractivity contribution in [1.29, 1.82) is 0 Å². The van der Waals surface area contributed by atoms with Crippen molar-refractivity contribution in [3.05, 3.63) is 0 Å². The Morgan fingerprint density at radius 3 is 2.65 bits per heavy atom. The summed E-state index contributed by atoms with van der Waals surface area (Å²) in [4.78, 5) is 4.99. The maximum Gasteiger partial charge on any atom is 0.0322 e. The lowest BCUT2D eigenvalue weighted by Crippen LogP contribution is -2.53. The van der Waals surface area contributed by atoms with Crippen LogP contribution in [0, 0.1) is 5.92 Å². The number of rotatable bonds is 4. The maximum absolute atomic E-state index is 3.63. The topological polar surface area (TPSA) is 18.5 Å². The number of nitrogens with zero attached hydrogens (tertiary/aromatic N) is 2.